The highest BCUT2D eigenvalue weighted by molar-refractivity contribution is 4.51. The summed E-state index contributed by atoms with van der Waals surface area (Å²) >= 11 is 0. The molecule has 0 aromatic heterocycles. The van der Waals surface area contributed by atoms with E-state index in [2.05, 4.69) is 20.8 Å². The molecule has 0 bridgehead atoms. The summed E-state index contributed by atoms with van der Waals surface area (Å²) < 4.78 is 99.5. The second-order valence-corrected chi connectivity index (χ2v) is 18.2. The Morgan fingerprint density at radius 3 is 0.372 bits per heavy atom. The van der Waals surface area contributed by atoms with Gasteiger partial charge < -0.3 is 150 Å². The van der Waals surface area contributed by atoms with Crippen molar-refractivity contribution < 1.29 is 150 Å². The molecule has 0 heterocycles. The van der Waals surface area contributed by atoms with Crippen molar-refractivity contribution in [1.82, 2.24) is 0 Å². The number of hydrogen-bond acceptors (Lipinski definition) is 18. The number of halogens is 3. The molecule has 0 spiro atoms. The van der Waals surface area contributed by atoms with E-state index in [0.717, 1.165) is 171 Å². The molecule has 0 fully saturated rings. The van der Waals surface area contributed by atoms with Crippen molar-refractivity contribution in [2.75, 3.05) is 321 Å². The van der Waals surface area contributed by atoms with E-state index in [-0.39, 0.29) is 50.9 Å². The smallest absolute Gasteiger partial charge is 0.103 e. The number of hydrogen-bond donors (Lipinski definition) is 0. The lowest BCUT2D eigenvalue weighted by Gasteiger charge is -2.38. The Bertz CT molecular complexity index is 838. The van der Waals surface area contributed by atoms with Crippen LogP contribution in [0.4, 0.5) is 0 Å². The third-order valence-corrected chi connectivity index (χ3v) is 12.4. The minimum Gasteiger partial charge on any atom is -1.00 e. The standard InChI is InChI=1S/3C18H40NO6.3BrH/c3*1-5-6-19(7-10-23-16-13-20-2,8-11-24-17-14-21-3)9-12-25-18-15-22-4;;;/h3*5-18H2,1-4H3;3*1H/q3*+1;;;/p-3. The first-order chi connectivity index (χ1) is 36.7. The van der Waals surface area contributed by atoms with Crippen LogP contribution < -0.4 is 50.9 Å². The molecule has 480 valence electrons. The first kappa shape index (κ1) is 89.8. The zero-order valence-electron chi connectivity index (χ0n) is 51.5. The zero-order valence-corrected chi connectivity index (χ0v) is 56.3. The summed E-state index contributed by atoms with van der Waals surface area (Å²) in [7, 11) is 15.2. The summed E-state index contributed by atoms with van der Waals surface area (Å²) in [4.78, 5) is 0. The Balaban J connectivity index is -0.000000245. The molecule has 0 aromatic carbocycles. The van der Waals surface area contributed by atoms with Gasteiger partial charge in [0.05, 0.1) is 198 Å². The van der Waals surface area contributed by atoms with Gasteiger partial charge in [0, 0.05) is 64.0 Å². The SMILES string of the molecule is CCC[N+](CCOCCOC)(CCOCCOC)CCOCCOC.CCC[N+](CCOCCOC)(CCOCCOC)CCOCCOC.CCC[N+](CCOCCOC)(CCOCCOC)CCOCCOC.[Br-].[Br-].[Br-]. The van der Waals surface area contributed by atoms with Gasteiger partial charge in [0.1, 0.15) is 58.9 Å². The van der Waals surface area contributed by atoms with Crippen molar-refractivity contribution in [2.24, 2.45) is 0 Å². The van der Waals surface area contributed by atoms with Crippen molar-refractivity contribution >= 4 is 0 Å². The molecule has 24 heteroatoms. The molecule has 0 aliphatic rings. The average molecular weight is 1340 g/mol. The molecular formula is C54H120Br3N3O18. The fourth-order valence-electron chi connectivity index (χ4n) is 7.96. The monoisotopic (exact) mass is 1340 g/mol. The molecule has 0 aliphatic heterocycles. The van der Waals surface area contributed by atoms with E-state index in [4.69, 9.17) is 85.3 Å². The Morgan fingerprint density at radius 1 is 0.167 bits per heavy atom. The lowest BCUT2D eigenvalue weighted by molar-refractivity contribution is -0.929. The summed E-state index contributed by atoms with van der Waals surface area (Å²) in [6.07, 6.45) is 3.36. The highest BCUT2D eigenvalue weighted by Gasteiger charge is 2.28. The Kier molecular flexibility index (Phi) is 84.9. The lowest BCUT2D eigenvalue weighted by atomic mass is 10.2. The van der Waals surface area contributed by atoms with Gasteiger partial charge in [0.2, 0.25) is 0 Å². The van der Waals surface area contributed by atoms with Crippen molar-refractivity contribution in [2.45, 2.75) is 40.0 Å². The van der Waals surface area contributed by atoms with E-state index in [0.29, 0.717) is 119 Å². The largest absolute Gasteiger partial charge is 1.00 e. The first-order valence-electron chi connectivity index (χ1n) is 27.9. The molecule has 0 aliphatic carbocycles. The molecular weight excluding hydrogens is 1220 g/mol. The van der Waals surface area contributed by atoms with Crippen LogP contribution in [0.5, 0.6) is 0 Å². The van der Waals surface area contributed by atoms with E-state index in [1.807, 2.05) is 0 Å². The van der Waals surface area contributed by atoms with E-state index < -0.39 is 0 Å². The Morgan fingerprint density at radius 2 is 0.282 bits per heavy atom. The van der Waals surface area contributed by atoms with Gasteiger partial charge in [-0.1, -0.05) is 20.8 Å². The average Bonchev–Trinajstić information content (AvgIpc) is 3.41. The van der Waals surface area contributed by atoms with Gasteiger partial charge >= 0.3 is 0 Å². The molecule has 0 rings (SSSR count). The van der Waals surface area contributed by atoms with Crippen LogP contribution in [0.3, 0.4) is 0 Å². The van der Waals surface area contributed by atoms with Crippen LogP contribution in [0.25, 0.3) is 0 Å². The summed E-state index contributed by atoms with van der Waals surface area (Å²) in [5.41, 5.74) is 0. The van der Waals surface area contributed by atoms with Crippen molar-refractivity contribution in [3.05, 3.63) is 0 Å². The predicted molar refractivity (Wildman–Crippen MR) is 294 cm³/mol. The molecule has 0 aromatic rings. The number of quaternary nitrogens is 3. The molecule has 0 N–H and O–H groups in total. The van der Waals surface area contributed by atoms with Gasteiger partial charge in [0.15, 0.2) is 0 Å². The summed E-state index contributed by atoms with van der Waals surface area (Å²) in [6, 6.07) is 0. The van der Waals surface area contributed by atoms with Gasteiger partial charge in [-0.3, -0.25) is 0 Å². The fourth-order valence-corrected chi connectivity index (χ4v) is 7.96. The van der Waals surface area contributed by atoms with E-state index in [9.17, 15) is 0 Å². The number of nitrogens with zero attached hydrogens (tertiary/aromatic N) is 3. The van der Waals surface area contributed by atoms with Crippen LogP contribution in [0.2, 0.25) is 0 Å². The summed E-state index contributed by atoms with van der Waals surface area (Å²) in [6.45, 7) is 36.5. The predicted octanol–water partition coefficient (Wildman–Crippen LogP) is -5.38. The molecule has 21 nitrogen and oxygen atoms in total. The van der Waals surface area contributed by atoms with Crippen molar-refractivity contribution in [1.29, 1.82) is 0 Å². The maximum Gasteiger partial charge on any atom is 0.103 e. The molecule has 0 atom stereocenters. The van der Waals surface area contributed by atoms with Crippen LogP contribution >= 0.6 is 0 Å². The quantitative estimate of drug-likeness (QED) is 0.0419. The van der Waals surface area contributed by atoms with Crippen molar-refractivity contribution in [3.63, 3.8) is 0 Å². The van der Waals surface area contributed by atoms with Gasteiger partial charge in [-0.05, 0) is 19.3 Å². The van der Waals surface area contributed by atoms with Gasteiger partial charge in [0.25, 0.3) is 0 Å². The normalized spacial score (nSPS) is 11.5. The van der Waals surface area contributed by atoms with Crippen molar-refractivity contribution in [3.8, 4) is 0 Å². The molecule has 0 amide bonds. The molecule has 78 heavy (non-hydrogen) atoms. The number of methoxy groups -OCH3 is 9. The highest BCUT2D eigenvalue weighted by atomic mass is 79.9. The van der Waals surface area contributed by atoms with Crippen LogP contribution in [0, 0.1) is 0 Å². The number of rotatable bonds is 60. The van der Waals surface area contributed by atoms with Crippen LogP contribution in [-0.4, -0.2) is 334 Å². The second-order valence-electron chi connectivity index (χ2n) is 18.2. The first-order valence-corrected chi connectivity index (χ1v) is 27.9. The van der Waals surface area contributed by atoms with Gasteiger partial charge in [-0.2, -0.15) is 0 Å². The fraction of sp³-hybridized carbons (Fsp3) is 1.00. The third kappa shape index (κ3) is 61.2. The molecule has 0 unspecified atom stereocenters. The zero-order chi connectivity index (χ0) is 55.9. The number of ether oxygens (including phenoxy) is 18. The minimum absolute atomic E-state index is 0. The topological polar surface area (TPSA) is 166 Å². The van der Waals surface area contributed by atoms with E-state index in [1.165, 1.54) is 0 Å². The maximum absolute atomic E-state index is 5.70. The van der Waals surface area contributed by atoms with E-state index in [1.54, 1.807) is 64.0 Å². The van der Waals surface area contributed by atoms with Crippen LogP contribution in [0.1, 0.15) is 40.0 Å². The molecule has 0 saturated carbocycles. The molecule has 0 radical (unpaired) electrons. The highest BCUT2D eigenvalue weighted by Crippen LogP contribution is 2.12. The Hall–Kier alpha value is 0.600. The van der Waals surface area contributed by atoms with Gasteiger partial charge in [-0.25, -0.2) is 0 Å². The van der Waals surface area contributed by atoms with Crippen LogP contribution in [0.15, 0.2) is 0 Å². The Labute approximate surface area is 508 Å². The van der Waals surface area contributed by atoms with Gasteiger partial charge in [-0.15, -0.1) is 0 Å². The summed E-state index contributed by atoms with van der Waals surface area (Å²) in [5.74, 6) is 0. The lowest BCUT2D eigenvalue weighted by Crippen LogP contribution is -3.00. The minimum atomic E-state index is 0. The third-order valence-electron chi connectivity index (χ3n) is 12.4. The van der Waals surface area contributed by atoms with Crippen LogP contribution in [-0.2, 0) is 85.3 Å². The van der Waals surface area contributed by atoms with E-state index >= 15 is 0 Å². The summed E-state index contributed by atoms with van der Waals surface area (Å²) in [5, 5.41) is 0. The molecule has 0 saturated heterocycles. The second kappa shape index (κ2) is 73.7. The maximum atomic E-state index is 5.70.